The summed E-state index contributed by atoms with van der Waals surface area (Å²) in [5, 5.41) is 17.3. The van der Waals surface area contributed by atoms with Crippen LogP contribution in [0.4, 0.5) is 11.5 Å². The molecule has 0 bridgehead atoms. The molecule has 8 nitrogen and oxygen atoms in total. The Kier molecular flexibility index (Phi) is 4.95. The monoisotopic (exact) mass is 319 g/mol. The molecule has 2 aromatic rings. The summed E-state index contributed by atoms with van der Waals surface area (Å²) in [5.74, 6) is 0.436. The van der Waals surface area contributed by atoms with Crippen LogP contribution in [0.5, 0.6) is 5.75 Å². The molecule has 2 rings (SSSR count). The molecule has 8 heteroatoms. The van der Waals surface area contributed by atoms with Crippen LogP contribution >= 0.6 is 0 Å². The van der Waals surface area contributed by atoms with E-state index < -0.39 is 16.9 Å². The summed E-state index contributed by atoms with van der Waals surface area (Å²) in [5.41, 5.74) is 0.563. The van der Waals surface area contributed by atoms with Crippen LogP contribution in [-0.4, -0.2) is 22.1 Å². The summed E-state index contributed by atoms with van der Waals surface area (Å²) >= 11 is 0. The van der Waals surface area contributed by atoms with E-state index in [-0.39, 0.29) is 17.3 Å². The lowest BCUT2D eigenvalue weighted by Crippen LogP contribution is -2.32. The first-order valence-electron chi connectivity index (χ1n) is 7.06. The molecule has 0 saturated carbocycles. The van der Waals surface area contributed by atoms with Crippen molar-refractivity contribution < 1.29 is 19.0 Å². The average molecular weight is 319 g/mol. The highest BCUT2D eigenvalue weighted by Gasteiger charge is 2.24. The Bertz CT molecular complexity index is 726. The summed E-state index contributed by atoms with van der Waals surface area (Å²) in [4.78, 5) is 22.8. The molecule has 1 heterocycles. The SMILES string of the molecule is CC[C@@H](Oc1ccc(C)cc1[N+](=O)[O-])C(=O)Nc1cc(C)on1. The predicted molar refractivity (Wildman–Crippen MR) is 82.4 cm³/mol. The molecule has 122 valence electrons. The Morgan fingerprint density at radius 3 is 2.74 bits per heavy atom. The number of nitro groups is 1. The highest BCUT2D eigenvalue weighted by Crippen LogP contribution is 2.29. The van der Waals surface area contributed by atoms with Gasteiger partial charge in [-0.05, 0) is 31.9 Å². The van der Waals surface area contributed by atoms with Gasteiger partial charge in [-0.15, -0.1) is 0 Å². The molecule has 0 radical (unpaired) electrons. The number of nitrogens with one attached hydrogen (secondary N) is 1. The number of nitro benzene ring substituents is 1. The van der Waals surface area contributed by atoms with Gasteiger partial charge < -0.3 is 14.6 Å². The van der Waals surface area contributed by atoms with E-state index in [0.29, 0.717) is 12.2 Å². The van der Waals surface area contributed by atoms with E-state index in [2.05, 4.69) is 10.5 Å². The molecule has 0 aliphatic carbocycles. The Morgan fingerprint density at radius 1 is 1.43 bits per heavy atom. The molecular weight excluding hydrogens is 302 g/mol. The van der Waals surface area contributed by atoms with E-state index in [9.17, 15) is 14.9 Å². The number of ether oxygens (including phenoxy) is 1. The van der Waals surface area contributed by atoms with Crippen molar-refractivity contribution in [3.63, 3.8) is 0 Å². The zero-order chi connectivity index (χ0) is 17.0. The number of nitrogens with zero attached hydrogens (tertiary/aromatic N) is 2. The van der Waals surface area contributed by atoms with E-state index in [4.69, 9.17) is 9.26 Å². The molecule has 0 fully saturated rings. The standard InChI is InChI=1S/C15H17N3O5/c1-4-12(15(19)16-14-8-10(3)23-17-14)22-13-6-5-9(2)7-11(13)18(20)21/h5-8,12H,4H2,1-3H3,(H,16,17,19)/t12-/m1/s1. The smallest absolute Gasteiger partial charge is 0.311 e. The van der Waals surface area contributed by atoms with Gasteiger partial charge in [-0.2, -0.15) is 0 Å². The van der Waals surface area contributed by atoms with E-state index in [1.165, 1.54) is 12.1 Å². The second kappa shape index (κ2) is 6.91. The van der Waals surface area contributed by atoms with Crippen molar-refractivity contribution in [2.75, 3.05) is 5.32 Å². The van der Waals surface area contributed by atoms with E-state index >= 15 is 0 Å². The normalized spacial score (nSPS) is 11.8. The molecule has 1 amide bonds. The Hall–Kier alpha value is -2.90. The maximum atomic E-state index is 12.2. The highest BCUT2D eigenvalue weighted by atomic mass is 16.6. The van der Waals surface area contributed by atoms with Crippen LogP contribution < -0.4 is 10.1 Å². The van der Waals surface area contributed by atoms with E-state index in [1.807, 2.05) is 0 Å². The quantitative estimate of drug-likeness (QED) is 0.647. The van der Waals surface area contributed by atoms with Gasteiger partial charge in [0.05, 0.1) is 4.92 Å². The second-order valence-corrected chi connectivity index (χ2v) is 5.06. The van der Waals surface area contributed by atoms with Crippen LogP contribution in [0.2, 0.25) is 0 Å². The van der Waals surface area contributed by atoms with Gasteiger partial charge in [0.2, 0.25) is 0 Å². The molecule has 0 aliphatic rings. The van der Waals surface area contributed by atoms with Crippen molar-refractivity contribution in [1.82, 2.24) is 5.16 Å². The number of anilines is 1. The molecule has 1 N–H and O–H groups in total. The number of rotatable bonds is 6. The fourth-order valence-electron chi connectivity index (χ4n) is 1.98. The third kappa shape index (κ3) is 4.06. The lowest BCUT2D eigenvalue weighted by molar-refractivity contribution is -0.386. The van der Waals surface area contributed by atoms with Crippen LogP contribution in [0.25, 0.3) is 0 Å². The average Bonchev–Trinajstić information content (AvgIpc) is 2.90. The van der Waals surface area contributed by atoms with Crippen molar-refractivity contribution in [3.8, 4) is 5.75 Å². The summed E-state index contributed by atoms with van der Waals surface area (Å²) in [6, 6.07) is 6.15. The van der Waals surface area contributed by atoms with Crippen molar-refractivity contribution >= 4 is 17.4 Å². The molecule has 0 aliphatic heterocycles. The van der Waals surface area contributed by atoms with Crippen LogP contribution in [0, 0.1) is 24.0 Å². The summed E-state index contributed by atoms with van der Waals surface area (Å²) < 4.78 is 10.4. The van der Waals surface area contributed by atoms with Crippen LogP contribution in [0.15, 0.2) is 28.8 Å². The van der Waals surface area contributed by atoms with Gasteiger partial charge in [0.1, 0.15) is 5.76 Å². The van der Waals surface area contributed by atoms with Gasteiger partial charge in [-0.3, -0.25) is 14.9 Å². The molecule has 1 aromatic heterocycles. The third-order valence-corrected chi connectivity index (χ3v) is 3.12. The van der Waals surface area contributed by atoms with Crippen LogP contribution in [0.3, 0.4) is 0 Å². The first-order chi connectivity index (χ1) is 10.9. The number of hydrogen-bond acceptors (Lipinski definition) is 6. The largest absolute Gasteiger partial charge is 0.473 e. The lowest BCUT2D eigenvalue weighted by atomic mass is 10.2. The minimum absolute atomic E-state index is 0.0546. The molecule has 1 aromatic carbocycles. The van der Waals surface area contributed by atoms with Crippen LogP contribution in [-0.2, 0) is 4.79 Å². The fourth-order valence-corrected chi connectivity index (χ4v) is 1.98. The molecule has 0 spiro atoms. The van der Waals surface area contributed by atoms with E-state index in [1.54, 1.807) is 32.9 Å². The van der Waals surface area contributed by atoms with Gasteiger partial charge in [-0.25, -0.2) is 0 Å². The molecule has 1 atom stereocenters. The molecular formula is C15H17N3O5. The number of benzene rings is 1. The number of aryl methyl sites for hydroxylation is 2. The molecule has 23 heavy (non-hydrogen) atoms. The number of carbonyl (C=O) groups excluding carboxylic acids is 1. The maximum absolute atomic E-state index is 12.2. The minimum Gasteiger partial charge on any atom is -0.473 e. The fraction of sp³-hybridized carbons (Fsp3) is 0.333. The number of aromatic nitrogens is 1. The van der Waals surface area contributed by atoms with Gasteiger partial charge in [0.15, 0.2) is 17.7 Å². The van der Waals surface area contributed by atoms with E-state index in [0.717, 1.165) is 5.56 Å². The Labute approximate surface area is 132 Å². The number of carbonyl (C=O) groups is 1. The van der Waals surface area contributed by atoms with Gasteiger partial charge >= 0.3 is 5.69 Å². The molecule has 0 unspecified atom stereocenters. The summed E-state index contributed by atoms with van der Waals surface area (Å²) in [7, 11) is 0. The first-order valence-corrected chi connectivity index (χ1v) is 7.06. The second-order valence-electron chi connectivity index (χ2n) is 5.06. The Balaban J connectivity index is 2.16. The van der Waals surface area contributed by atoms with Crippen molar-refractivity contribution in [2.45, 2.75) is 33.3 Å². The lowest BCUT2D eigenvalue weighted by Gasteiger charge is -2.16. The topological polar surface area (TPSA) is 108 Å². The summed E-state index contributed by atoms with van der Waals surface area (Å²) in [6.45, 7) is 5.19. The maximum Gasteiger partial charge on any atom is 0.311 e. The zero-order valence-electron chi connectivity index (χ0n) is 13.0. The number of hydrogen-bond donors (Lipinski definition) is 1. The first kappa shape index (κ1) is 16.5. The zero-order valence-corrected chi connectivity index (χ0v) is 13.0. The van der Waals surface area contributed by atoms with Gasteiger partial charge in [0.25, 0.3) is 5.91 Å². The van der Waals surface area contributed by atoms with Crippen molar-refractivity contribution in [3.05, 3.63) is 45.7 Å². The predicted octanol–water partition coefficient (Wildman–Crippen LogP) is 3.00. The van der Waals surface area contributed by atoms with Crippen LogP contribution in [0.1, 0.15) is 24.7 Å². The van der Waals surface area contributed by atoms with Gasteiger partial charge in [0, 0.05) is 12.1 Å². The minimum atomic E-state index is -0.881. The molecule has 0 saturated heterocycles. The summed E-state index contributed by atoms with van der Waals surface area (Å²) in [6.07, 6.45) is -0.540. The Morgan fingerprint density at radius 2 is 2.17 bits per heavy atom. The number of amides is 1. The van der Waals surface area contributed by atoms with Crippen molar-refractivity contribution in [1.29, 1.82) is 0 Å². The van der Waals surface area contributed by atoms with Gasteiger partial charge in [-0.1, -0.05) is 18.1 Å². The van der Waals surface area contributed by atoms with Crippen molar-refractivity contribution in [2.24, 2.45) is 0 Å². The third-order valence-electron chi connectivity index (χ3n) is 3.12. The highest BCUT2D eigenvalue weighted by molar-refractivity contribution is 5.93.